The number of amides is 1. The summed E-state index contributed by atoms with van der Waals surface area (Å²) < 4.78 is 0. The molecule has 1 aliphatic rings. The molecule has 106 valence electrons. The second kappa shape index (κ2) is 8.48. The van der Waals surface area contributed by atoms with Gasteiger partial charge in [0.1, 0.15) is 0 Å². The van der Waals surface area contributed by atoms with Crippen molar-refractivity contribution in [3.63, 3.8) is 0 Å². The fourth-order valence-electron chi connectivity index (χ4n) is 2.56. The van der Waals surface area contributed by atoms with Crippen LogP contribution in [0.15, 0.2) is 0 Å². The van der Waals surface area contributed by atoms with E-state index in [1.54, 1.807) is 6.92 Å². The van der Waals surface area contributed by atoms with Crippen LogP contribution in [-0.4, -0.2) is 35.7 Å². The molecule has 0 aromatic carbocycles. The molecule has 4 nitrogen and oxygen atoms in total. The molecule has 1 rings (SSSR count). The first kappa shape index (κ1) is 15.4. The summed E-state index contributed by atoms with van der Waals surface area (Å²) in [5.74, 6) is 0.0827. The highest BCUT2D eigenvalue weighted by molar-refractivity contribution is 5.78. The summed E-state index contributed by atoms with van der Waals surface area (Å²) in [4.78, 5) is 11.8. The van der Waals surface area contributed by atoms with Gasteiger partial charge in [-0.05, 0) is 33.1 Å². The number of carbonyl (C=O) groups is 1. The Morgan fingerprint density at radius 2 is 1.83 bits per heavy atom. The second-order valence-electron chi connectivity index (χ2n) is 5.62. The lowest BCUT2D eigenvalue weighted by Gasteiger charge is -2.18. The van der Waals surface area contributed by atoms with Crippen molar-refractivity contribution in [2.24, 2.45) is 0 Å². The Morgan fingerprint density at radius 3 is 2.39 bits per heavy atom. The summed E-state index contributed by atoms with van der Waals surface area (Å²) >= 11 is 0. The highest BCUT2D eigenvalue weighted by Gasteiger charge is 2.15. The van der Waals surface area contributed by atoms with Crippen LogP contribution in [0.25, 0.3) is 0 Å². The summed E-state index contributed by atoms with van der Waals surface area (Å²) in [5, 5.41) is 15.5. The zero-order chi connectivity index (χ0) is 13.4. The van der Waals surface area contributed by atoms with Crippen molar-refractivity contribution in [3.05, 3.63) is 0 Å². The van der Waals surface area contributed by atoms with E-state index in [9.17, 15) is 9.90 Å². The summed E-state index contributed by atoms with van der Waals surface area (Å²) in [7, 11) is 0. The molecule has 18 heavy (non-hydrogen) atoms. The predicted molar refractivity (Wildman–Crippen MR) is 73.4 cm³/mol. The van der Waals surface area contributed by atoms with Gasteiger partial charge in [-0.1, -0.05) is 25.7 Å². The lowest BCUT2D eigenvalue weighted by molar-refractivity contribution is -0.121. The summed E-state index contributed by atoms with van der Waals surface area (Å²) in [6, 6.07) is 0.541. The van der Waals surface area contributed by atoms with Gasteiger partial charge in [-0.25, -0.2) is 0 Å². The third-order valence-electron chi connectivity index (χ3n) is 3.53. The number of aliphatic hydroxyl groups excluding tert-OH is 1. The quantitative estimate of drug-likeness (QED) is 0.632. The average molecular weight is 256 g/mol. The Labute approximate surface area is 111 Å². The first-order valence-electron chi connectivity index (χ1n) is 7.28. The Kier molecular flexibility index (Phi) is 7.28. The summed E-state index contributed by atoms with van der Waals surface area (Å²) in [6.07, 6.45) is 7.66. The van der Waals surface area contributed by atoms with Gasteiger partial charge in [0.15, 0.2) is 0 Å². The van der Waals surface area contributed by atoms with Gasteiger partial charge in [-0.15, -0.1) is 0 Å². The molecule has 0 bridgehead atoms. The molecule has 0 heterocycles. The SMILES string of the molecule is CC(O)CC(C)NCC(=O)NC1CCCCCC1. The van der Waals surface area contributed by atoms with E-state index in [4.69, 9.17) is 0 Å². The number of hydrogen-bond acceptors (Lipinski definition) is 3. The van der Waals surface area contributed by atoms with Gasteiger partial charge in [0.25, 0.3) is 0 Å². The molecular formula is C14H28N2O2. The molecule has 0 aromatic heterocycles. The topological polar surface area (TPSA) is 61.4 Å². The van der Waals surface area contributed by atoms with Crippen molar-refractivity contribution in [1.82, 2.24) is 10.6 Å². The minimum absolute atomic E-state index is 0.0827. The highest BCUT2D eigenvalue weighted by Crippen LogP contribution is 2.16. The smallest absolute Gasteiger partial charge is 0.234 e. The maximum absolute atomic E-state index is 11.8. The first-order valence-corrected chi connectivity index (χ1v) is 7.28. The van der Waals surface area contributed by atoms with Crippen LogP contribution in [-0.2, 0) is 4.79 Å². The van der Waals surface area contributed by atoms with Crippen LogP contribution >= 0.6 is 0 Å². The van der Waals surface area contributed by atoms with Crippen LogP contribution in [0.4, 0.5) is 0 Å². The van der Waals surface area contributed by atoms with Crippen LogP contribution in [0.2, 0.25) is 0 Å². The third kappa shape index (κ3) is 6.97. The van der Waals surface area contributed by atoms with Crippen LogP contribution < -0.4 is 10.6 Å². The zero-order valence-corrected chi connectivity index (χ0v) is 11.7. The molecular weight excluding hydrogens is 228 g/mol. The van der Waals surface area contributed by atoms with Gasteiger partial charge in [-0.2, -0.15) is 0 Å². The molecule has 0 spiro atoms. The number of hydrogen-bond donors (Lipinski definition) is 3. The molecule has 0 aliphatic heterocycles. The molecule has 2 atom stereocenters. The van der Waals surface area contributed by atoms with Gasteiger partial charge in [0, 0.05) is 12.1 Å². The molecule has 1 saturated carbocycles. The Morgan fingerprint density at radius 1 is 1.22 bits per heavy atom. The van der Waals surface area contributed by atoms with E-state index in [1.807, 2.05) is 6.92 Å². The van der Waals surface area contributed by atoms with Crippen molar-refractivity contribution in [3.8, 4) is 0 Å². The van der Waals surface area contributed by atoms with Crippen molar-refractivity contribution < 1.29 is 9.90 Å². The molecule has 0 radical (unpaired) electrons. The Bertz CT molecular complexity index is 236. The zero-order valence-electron chi connectivity index (χ0n) is 11.7. The number of rotatable bonds is 6. The van der Waals surface area contributed by atoms with Crippen LogP contribution in [0, 0.1) is 0 Å². The number of aliphatic hydroxyl groups is 1. The maximum Gasteiger partial charge on any atom is 0.234 e. The normalized spacial score (nSPS) is 21.1. The average Bonchev–Trinajstić information content (AvgIpc) is 2.54. The fraction of sp³-hybridized carbons (Fsp3) is 0.929. The van der Waals surface area contributed by atoms with E-state index in [1.165, 1.54) is 25.7 Å². The molecule has 1 fully saturated rings. The van der Waals surface area contributed by atoms with Gasteiger partial charge in [-0.3, -0.25) is 4.79 Å². The van der Waals surface area contributed by atoms with E-state index in [0.29, 0.717) is 19.0 Å². The van der Waals surface area contributed by atoms with Crippen molar-refractivity contribution in [1.29, 1.82) is 0 Å². The first-order chi connectivity index (χ1) is 8.58. The number of carbonyl (C=O) groups excluding carboxylic acids is 1. The predicted octanol–water partition coefficient (Wildman–Crippen LogP) is 1.57. The van der Waals surface area contributed by atoms with Crippen LogP contribution in [0.3, 0.4) is 0 Å². The van der Waals surface area contributed by atoms with Crippen molar-refractivity contribution in [2.45, 2.75) is 77.0 Å². The maximum atomic E-state index is 11.8. The lowest BCUT2D eigenvalue weighted by atomic mass is 10.1. The Hall–Kier alpha value is -0.610. The van der Waals surface area contributed by atoms with Crippen LogP contribution in [0.5, 0.6) is 0 Å². The van der Waals surface area contributed by atoms with E-state index < -0.39 is 0 Å². The van der Waals surface area contributed by atoms with Gasteiger partial charge >= 0.3 is 0 Å². The largest absolute Gasteiger partial charge is 0.393 e. The lowest BCUT2D eigenvalue weighted by Crippen LogP contribution is -2.43. The fourth-order valence-corrected chi connectivity index (χ4v) is 2.56. The summed E-state index contributed by atoms with van der Waals surface area (Å²) in [6.45, 7) is 4.11. The van der Waals surface area contributed by atoms with E-state index in [2.05, 4.69) is 10.6 Å². The second-order valence-corrected chi connectivity index (χ2v) is 5.62. The number of nitrogens with one attached hydrogen (secondary N) is 2. The van der Waals surface area contributed by atoms with Gasteiger partial charge < -0.3 is 15.7 Å². The molecule has 0 aromatic rings. The van der Waals surface area contributed by atoms with Gasteiger partial charge in [0.2, 0.25) is 5.91 Å². The minimum atomic E-state index is -0.322. The molecule has 1 amide bonds. The van der Waals surface area contributed by atoms with E-state index in [0.717, 1.165) is 12.8 Å². The van der Waals surface area contributed by atoms with E-state index >= 15 is 0 Å². The molecule has 1 aliphatic carbocycles. The summed E-state index contributed by atoms with van der Waals surface area (Å²) in [5.41, 5.74) is 0. The standard InChI is InChI=1S/C14H28N2O2/c1-11(9-12(2)17)15-10-14(18)16-13-7-5-3-4-6-8-13/h11-13,15,17H,3-10H2,1-2H3,(H,16,18). The van der Waals surface area contributed by atoms with Crippen molar-refractivity contribution in [2.75, 3.05) is 6.54 Å². The van der Waals surface area contributed by atoms with Crippen molar-refractivity contribution >= 4 is 5.91 Å². The van der Waals surface area contributed by atoms with Gasteiger partial charge in [0.05, 0.1) is 12.6 Å². The monoisotopic (exact) mass is 256 g/mol. The van der Waals surface area contributed by atoms with Crippen LogP contribution in [0.1, 0.15) is 58.8 Å². The highest BCUT2D eigenvalue weighted by atomic mass is 16.3. The Balaban J connectivity index is 2.16. The van der Waals surface area contributed by atoms with E-state index in [-0.39, 0.29) is 18.1 Å². The molecule has 4 heteroatoms. The third-order valence-corrected chi connectivity index (χ3v) is 3.53. The molecule has 3 N–H and O–H groups in total. The minimum Gasteiger partial charge on any atom is -0.393 e. The molecule has 2 unspecified atom stereocenters. The molecule has 0 saturated heterocycles.